The van der Waals surface area contributed by atoms with Crippen LogP contribution in [0.4, 0.5) is 0 Å². The van der Waals surface area contributed by atoms with Crippen molar-refractivity contribution >= 4 is 28.7 Å². The van der Waals surface area contributed by atoms with Crippen molar-refractivity contribution in [1.29, 1.82) is 0 Å². The van der Waals surface area contributed by atoms with Gasteiger partial charge in [0, 0.05) is 13.1 Å². The minimum atomic E-state index is 0.0680. The number of hydrogen-bond acceptors (Lipinski definition) is 3. The van der Waals surface area contributed by atoms with Crippen molar-refractivity contribution in [3.63, 3.8) is 0 Å². The van der Waals surface area contributed by atoms with Gasteiger partial charge >= 0.3 is 0 Å². The minimum Gasteiger partial charge on any atom is -0.355 e. The molecule has 0 fully saturated rings. The standard InChI is InChI=1S/C15H21N3OS/c1-4-18-13-8-6-5-7-12(13)17-15(18)20-10-14(19)16-9-11(2)3/h5-8,11H,4,9-10H2,1-3H3,(H,16,19). The maximum absolute atomic E-state index is 11.8. The number of amides is 1. The summed E-state index contributed by atoms with van der Waals surface area (Å²) in [4.78, 5) is 16.4. The van der Waals surface area contributed by atoms with Crippen molar-refractivity contribution in [1.82, 2.24) is 14.9 Å². The van der Waals surface area contributed by atoms with Gasteiger partial charge in [0.1, 0.15) is 0 Å². The minimum absolute atomic E-state index is 0.0680. The van der Waals surface area contributed by atoms with E-state index in [1.165, 1.54) is 11.8 Å². The maximum Gasteiger partial charge on any atom is 0.230 e. The van der Waals surface area contributed by atoms with E-state index >= 15 is 0 Å². The molecule has 0 radical (unpaired) electrons. The Kier molecular flexibility index (Phi) is 5.06. The lowest BCUT2D eigenvalue weighted by atomic mass is 10.2. The molecular formula is C15H21N3OS. The van der Waals surface area contributed by atoms with Gasteiger partial charge in [0.2, 0.25) is 5.91 Å². The predicted octanol–water partition coefficient (Wildman–Crippen LogP) is 2.92. The Labute approximate surface area is 124 Å². The number of imidazole rings is 1. The van der Waals surface area contributed by atoms with Crippen LogP contribution in [0.15, 0.2) is 29.4 Å². The largest absolute Gasteiger partial charge is 0.355 e. The third kappa shape index (κ3) is 3.54. The van der Waals surface area contributed by atoms with Crippen molar-refractivity contribution in [2.45, 2.75) is 32.5 Å². The third-order valence-electron chi connectivity index (χ3n) is 2.98. The molecule has 4 nitrogen and oxygen atoms in total. The number of nitrogens with zero attached hydrogens (tertiary/aromatic N) is 2. The van der Waals surface area contributed by atoms with Crippen molar-refractivity contribution in [3.8, 4) is 0 Å². The average molecular weight is 291 g/mol. The molecule has 2 rings (SSSR count). The summed E-state index contributed by atoms with van der Waals surface area (Å²) in [6, 6.07) is 8.07. The summed E-state index contributed by atoms with van der Waals surface area (Å²) in [6.07, 6.45) is 0. The van der Waals surface area contributed by atoms with E-state index in [1.54, 1.807) is 0 Å². The summed E-state index contributed by atoms with van der Waals surface area (Å²) in [7, 11) is 0. The highest BCUT2D eigenvalue weighted by atomic mass is 32.2. The molecule has 2 aromatic rings. The quantitative estimate of drug-likeness (QED) is 0.832. The second-order valence-electron chi connectivity index (χ2n) is 5.11. The lowest BCUT2D eigenvalue weighted by Gasteiger charge is -2.08. The maximum atomic E-state index is 11.8. The molecule has 1 aromatic carbocycles. The number of carbonyl (C=O) groups excluding carboxylic acids is 1. The van der Waals surface area contributed by atoms with Crippen molar-refractivity contribution in [2.24, 2.45) is 5.92 Å². The Hall–Kier alpha value is -1.49. The number of hydrogen-bond donors (Lipinski definition) is 1. The van der Waals surface area contributed by atoms with Crippen LogP contribution in [0.2, 0.25) is 0 Å². The zero-order valence-electron chi connectivity index (χ0n) is 12.2. The first kappa shape index (κ1) is 14.9. The summed E-state index contributed by atoms with van der Waals surface area (Å²) in [6.45, 7) is 7.85. The molecule has 1 heterocycles. The molecule has 1 N–H and O–H groups in total. The Balaban J connectivity index is 2.04. The van der Waals surface area contributed by atoms with Crippen LogP contribution in [-0.2, 0) is 11.3 Å². The fourth-order valence-corrected chi connectivity index (χ4v) is 2.88. The van der Waals surface area contributed by atoms with E-state index in [1.807, 2.05) is 18.2 Å². The van der Waals surface area contributed by atoms with Crippen LogP contribution in [0.1, 0.15) is 20.8 Å². The molecule has 0 aliphatic rings. The first-order chi connectivity index (χ1) is 9.61. The lowest BCUT2D eigenvalue weighted by Crippen LogP contribution is -2.28. The molecule has 0 bridgehead atoms. The number of fused-ring (bicyclic) bond motifs is 1. The van der Waals surface area contributed by atoms with Crippen LogP contribution in [0.5, 0.6) is 0 Å². The van der Waals surface area contributed by atoms with E-state index in [0.29, 0.717) is 11.7 Å². The molecule has 1 amide bonds. The summed E-state index contributed by atoms with van der Waals surface area (Å²) in [5.74, 6) is 0.957. The van der Waals surface area contributed by atoms with Crippen molar-refractivity contribution in [3.05, 3.63) is 24.3 Å². The molecular weight excluding hydrogens is 270 g/mol. The molecule has 0 saturated carbocycles. The number of thioether (sulfide) groups is 1. The molecule has 20 heavy (non-hydrogen) atoms. The Morgan fingerprint density at radius 2 is 2.15 bits per heavy atom. The van der Waals surface area contributed by atoms with Gasteiger partial charge in [0.05, 0.1) is 16.8 Å². The molecule has 0 spiro atoms. The van der Waals surface area contributed by atoms with Gasteiger partial charge in [-0.25, -0.2) is 4.98 Å². The van der Waals surface area contributed by atoms with Gasteiger partial charge < -0.3 is 9.88 Å². The molecule has 1 aromatic heterocycles. The number of aromatic nitrogens is 2. The smallest absolute Gasteiger partial charge is 0.230 e. The van der Waals surface area contributed by atoms with Crippen LogP contribution in [0.25, 0.3) is 11.0 Å². The molecule has 0 atom stereocenters. The van der Waals surface area contributed by atoms with Gasteiger partial charge in [0.15, 0.2) is 5.16 Å². The molecule has 0 aliphatic heterocycles. The Morgan fingerprint density at radius 1 is 1.40 bits per heavy atom. The molecule has 0 saturated heterocycles. The highest BCUT2D eigenvalue weighted by molar-refractivity contribution is 7.99. The predicted molar refractivity (Wildman–Crippen MR) is 84.0 cm³/mol. The summed E-state index contributed by atoms with van der Waals surface area (Å²) in [5.41, 5.74) is 2.11. The summed E-state index contributed by atoms with van der Waals surface area (Å²) in [5, 5.41) is 3.84. The third-order valence-corrected chi connectivity index (χ3v) is 3.95. The van der Waals surface area contributed by atoms with E-state index < -0.39 is 0 Å². The zero-order valence-corrected chi connectivity index (χ0v) is 13.0. The second-order valence-corrected chi connectivity index (χ2v) is 6.06. The molecule has 0 unspecified atom stereocenters. The van der Waals surface area contributed by atoms with Gasteiger partial charge in [-0.05, 0) is 25.0 Å². The number of nitrogens with one attached hydrogen (secondary N) is 1. The second kappa shape index (κ2) is 6.79. The molecule has 108 valence electrons. The van der Waals surface area contributed by atoms with Crippen LogP contribution >= 0.6 is 11.8 Å². The summed E-state index contributed by atoms with van der Waals surface area (Å²) >= 11 is 1.50. The topological polar surface area (TPSA) is 46.9 Å². The number of carbonyl (C=O) groups is 1. The highest BCUT2D eigenvalue weighted by Gasteiger charge is 2.11. The monoisotopic (exact) mass is 291 g/mol. The fraction of sp³-hybridized carbons (Fsp3) is 0.467. The number of benzene rings is 1. The lowest BCUT2D eigenvalue weighted by molar-refractivity contribution is -0.118. The van der Waals surface area contributed by atoms with Gasteiger partial charge in [0.25, 0.3) is 0 Å². The van der Waals surface area contributed by atoms with E-state index in [4.69, 9.17) is 0 Å². The Bertz CT molecular complexity index is 592. The van der Waals surface area contributed by atoms with Crippen LogP contribution in [0.3, 0.4) is 0 Å². The Morgan fingerprint density at radius 3 is 2.85 bits per heavy atom. The average Bonchev–Trinajstić information content (AvgIpc) is 2.80. The summed E-state index contributed by atoms with van der Waals surface area (Å²) < 4.78 is 2.15. The molecule has 5 heteroatoms. The van der Waals surface area contributed by atoms with Gasteiger partial charge in [-0.15, -0.1) is 0 Å². The van der Waals surface area contributed by atoms with Gasteiger partial charge in [-0.1, -0.05) is 37.7 Å². The fourth-order valence-electron chi connectivity index (χ4n) is 1.97. The first-order valence-electron chi connectivity index (χ1n) is 6.96. The van der Waals surface area contributed by atoms with E-state index in [-0.39, 0.29) is 5.91 Å². The first-order valence-corrected chi connectivity index (χ1v) is 7.95. The van der Waals surface area contributed by atoms with Crippen LogP contribution < -0.4 is 5.32 Å². The normalized spacial score (nSPS) is 11.2. The van der Waals surface area contributed by atoms with Gasteiger partial charge in [-0.2, -0.15) is 0 Å². The number of aryl methyl sites for hydroxylation is 1. The van der Waals surface area contributed by atoms with Gasteiger partial charge in [-0.3, -0.25) is 4.79 Å². The zero-order chi connectivity index (χ0) is 14.5. The number of para-hydroxylation sites is 2. The van der Waals surface area contributed by atoms with E-state index in [2.05, 4.69) is 41.7 Å². The van der Waals surface area contributed by atoms with Crippen LogP contribution in [-0.4, -0.2) is 27.8 Å². The van der Waals surface area contributed by atoms with Crippen molar-refractivity contribution in [2.75, 3.05) is 12.3 Å². The van der Waals surface area contributed by atoms with Crippen molar-refractivity contribution < 1.29 is 4.79 Å². The number of rotatable bonds is 6. The molecule has 0 aliphatic carbocycles. The van der Waals surface area contributed by atoms with E-state index in [9.17, 15) is 4.79 Å². The van der Waals surface area contributed by atoms with Crippen LogP contribution in [0, 0.1) is 5.92 Å². The SMILES string of the molecule is CCn1c(SCC(=O)NCC(C)C)nc2ccccc21. The highest BCUT2D eigenvalue weighted by Crippen LogP contribution is 2.23. The van der Waals surface area contributed by atoms with E-state index in [0.717, 1.165) is 29.3 Å².